The molecule has 0 radical (unpaired) electrons. The minimum absolute atomic E-state index is 0.0668. The van der Waals surface area contributed by atoms with Crippen molar-refractivity contribution in [1.29, 1.82) is 0 Å². The van der Waals surface area contributed by atoms with Gasteiger partial charge in [0.1, 0.15) is 0 Å². The molecule has 1 aromatic heterocycles. The molecule has 0 unspecified atom stereocenters. The van der Waals surface area contributed by atoms with Crippen LogP contribution in [0.2, 0.25) is 0 Å². The van der Waals surface area contributed by atoms with Crippen molar-refractivity contribution in [3.63, 3.8) is 0 Å². The molecular formula is C20H27N3O. The fourth-order valence-electron chi connectivity index (χ4n) is 4.63. The van der Waals surface area contributed by atoms with Crippen LogP contribution in [-0.4, -0.2) is 36.1 Å². The largest absolute Gasteiger partial charge is 0.321 e. The van der Waals surface area contributed by atoms with Gasteiger partial charge in [0, 0.05) is 25.2 Å². The number of H-pyrrole nitrogens is 1. The zero-order valence-corrected chi connectivity index (χ0v) is 14.7. The zero-order chi connectivity index (χ0) is 16.7. The predicted molar refractivity (Wildman–Crippen MR) is 98.5 cm³/mol. The first-order valence-corrected chi connectivity index (χ1v) is 9.11. The molecule has 1 aromatic carbocycles. The Morgan fingerprint density at radius 3 is 2.88 bits per heavy atom. The molecule has 2 saturated heterocycles. The summed E-state index contributed by atoms with van der Waals surface area (Å²) in [4.78, 5) is 18.1. The van der Waals surface area contributed by atoms with E-state index in [0.29, 0.717) is 5.41 Å². The topological polar surface area (TPSA) is 48.1 Å². The average molecular weight is 325 g/mol. The fourth-order valence-corrected chi connectivity index (χ4v) is 4.63. The summed E-state index contributed by atoms with van der Waals surface area (Å²) in [6.45, 7) is 9.44. The highest BCUT2D eigenvalue weighted by Gasteiger charge is 2.38. The van der Waals surface area contributed by atoms with Crippen LogP contribution in [0.5, 0.6) is 0 Å². The number of nitrogens with zero attached hydrogens (tertiary/aromatic N) is 1. The number of hydrogen-bond acceptors (Lipinski definition) is 3. The molecule has 0 bridgehead atoms. The minimum atomic E-state index is 0.0668. The molecule has 24 heavy (non-hydrogen) atoms. The van der Waals surface area contributed by atoms with E-state index in [9.17, 15) is 4.79 Å². The molecule has 3 heterocycles. The first-order chi connectivity index (χ1) is 11.5. The van der Waals surface area contributed by atoms with E-state index in [2.05, 4.69) is 47.2 Å². The molecule has 0 aliphatic carbocycles. The number of pyridine rings is 1. The van der Waals surface area contributed by atoms with Crippen LogP contribution >= 0.6 is 0 Å². The maximum atomic E-state index is 12.5. The summed E-state index contributed by atoms with van der Waals surface area (Å²) in [5.41, 5.74) is 4.76. The van der Waals surface area contributed by atoms with Gasteiger partial charge in [0.05, 0.1) is 5.52 Å². The maximum Gasteiger partial charge on any atom is 0.252 e. The Kier molecular flexibility index (Phi) is 3.97. The number of fused-ring (bicyclic) bond motifs is 1. The van der Waals surface area contributed by atoms with Crippen LogP contribution in [0.15, 0.2) is 23.0 Å². The maximum absolute atomic E-state index is 12.5. The number of nitrogens with one attached hydrogen (secondary N) is 2. The molecule has 0 amide bonds. The van der Waals surface area contributed by atoms with Crippen LogP contribution in [0.3, 0.4) is 0 Å². The van der Waals surface area contributed by atoms with Crippen LogP contribution in [-0.2, 0) is 6.54 Å². The van der Waals surface area contributed by atoms with Crippen LogP contribution in [0.25, 0.3) is 10.9 Å². The number of aryl methyl sites for hydroxylation is 2. The van der Waals surface area contributed by atoms with Gasteiger partial charge in [0.15, 0.2) is 0 Å². The number of aromatic amines is 1. The standard InChI is InChI=1S/C20H27N3O/c1-14-8-15(2)18-16(9-14)10-17(19(24)22-18)11-23-7-5-20(13-23)4-3-6-21-12-20/h8-10,21H,3-7,11-13H2,1-2H3,(H,22,24)/t20-/m0/s1. The van der Waals surface area contributed by atoms with Gasteiger partial charge >= 0.3 is 0 Å². The summed E-state index contributed by atoms with van der Waals surface area (Å²) < 4.78 is 0. The molecule has 4 rings (SSSR count). The Bertz CT molecular complexity index is 817. The number of likely N-dealkylation sites (tertiary alicyclic amines) is 1. The highest BCUT2D eigenvalue weighted by Crippen LogP contribution is 2.36. The molecule has 4 nitrogen and oxygen atoms in total. The lowest BCUT2D eigenvalue weighted by atomic mass is 9.80. The van der Waals surface area contributed by atoms with Crippen molar-refractivity contribution in [1.82, 2.24) is 15.2 Å². The molecule has 128 valence electrons. The van der Waals surface area contributed by atoms with Crippen molar-refractivity contribution in [3.05, 3.63) is 45.2 Å². The Morgan fingerprint density at radius 2 is 2.08 bits per heavy atom. The normalized spacial score (nSPS) is 24.9. The first-order valence-electron chi connectivity index (χ1n) is 9.11. The summed E-state index contributed by atoms with van der Waals surface area (Å²) in [5.74, 6) is 0. The SMILES string of the molecule is Cc1cc(C)c2[nH]c(=O)c(CN3CC[C@]4(CCCNC4)C3)cc2c1. The summed E-state index contributed by atoms with van der Waals surface area (Å²) in [7, 11) is 0. The number of piperidine rings is 1. The number of benzene rings is 1. The van der Waals surface area contributed by atoms with E-state index in [4.69, 9.17) is 0 Å². The van der Waals surface area contributed by atoms with E-state index in [0.717, 1.165) is 54.8 Å². The molecule has 2 aromatic rings. The van der Waals surface area contributed by atoms with E-state index in [-0.39, 0.29) is 5.56 Å². The van der Waals surface area contributed by atoms with Gasteiger partial charge < -0.3 is 10.3 Å². The second kappa shape index (κ2) is 6.01. The van der Waals surface area contributed by atoms with E-state index in [1.54, 1.807) is 0 Å². The van der Waals surface area contributed by atoms with Crippen molar-refractivity contribution >= 4 is 10.9 Å². The lowest BCUT2D eigenvalue weighted by Crippen LogP contribution is -2.41. The van der Waals surface area contributed by atoms with Crippen LogP contribution in [0.1, 0.15) is 36.0 Å². The van der Waals surface area contributed by atoms with Crippen LogP contribution in [0, 0.1) is 19.3 Å². The third-order valence-corrected chi connectivity index (χ3v) is 5.84. The zero-order valence-electron chi connectivity index (χ0n) is 14.7. The summed E-state index contributed by atoms with van der Waals surface area (Å²) in [6, 6.07) is 6.38. The highest BCUT2D eigenvalue weighted by molar-refractivity contribution is 5.82. The van der Waals surface area contributed by atoms with Gasteiger partial charge in [-0.15, -0.1) is 0 Å². The molecule has 2 N–H and O–H groups in total. The Labute approximate surface area is 143 Å². The summed E-state index contributed by atoms with van der Waals surface area (Å²) in [5, 5.41) is 4.70. The molecule has 2 aliphatic heterocycles. The van der Waals surface area contributed by atoms with Gasteiger partial charge in [0.25, 0.3) is 5.56 Å². The Balaban J connectivity index is 1.59. The number of rotatable bonds is 2. The molecule has 2 aliphatic rings. The summed E-state index contributed by atoms with van der Waals surface area (Å²) in [6.07, 6.45) is 3.86. The van der Waals surface area contributed by atoms with E-state index in [1.165, 1.54) is 24.8 Å². The highest BCUT2D eigenvalue weighted by atomic mass is 16.1. The Morgan fingerprint density at radius 1 is 1.21 bits per heavy atom. The minimum Gasteiger partial charge on any atom is -0.321 e. The van der Waals surface area contributed by atoms with Crippen molar-refractivity contribution in [2.24, 2.45) is 5.41 Å². The van der Waals surface area contributed by atoms with Gasteiger partial charge in [-0.2, -0.15) is 0 Å². The second-order valence-electron chi connectivity index (χ2n) is 7.91. The lowest BCUT2D eigenvalue weighted by molar-refractivity contribution is 0.199. The monoisotopic (exact) mass is 325 g/mol. The van der Waals surface area contributed by atoms with Crippen LogP contribution < -0.4 is 10.9 Å². The second-order valence-corrected chi connectivity index (χ2v) is 7.91. The molecule has 4 heteroatoms. The van der Waals surface area contributed by atoms with Crippen molar-refractivity contribution in [3.8, 4) is 0 Å². The first kappa shape index (κ1) is 15.9. The molecule has 2 fully saturated rings. The molecule has 1 atom stereocenters. The third kappa shape index (κ3) is 2.89. The van der Waals surface area contributed by atoms with E-state index < -0.39 is 0 Å². The predicted octanol–water partition coefficient (Wildman–Crippen LogP) is 2.72. The van der Waals surface area contributed by atoms with Crippen molar-refractivity contribution in [2.75, 3.05) is 26.2 Å². The number of aromatic nitrogens is 1. The molecule has 0 saturated carbocycles. The van der Waals surface area contributed by atoms with Crippen molar-refractivity contribution in [2.45, 2.75) is 39.7 Å². The van der Waals surface area contributed by atoms with Gasteiger partial charge in [-0.25, -0.2) is 0 Å². The summed E-state index contributed by atoms with van der Waals surface area (Å²) >= 11 is 0. The third-order valence-electron chi connectivity index (χ3n) is 5.84. The fraction of sp³-hybridized carbons (Fsp3) is 0.550. The molecular weight excluding hydrogens is 298 g/mol. The van der Waals surface area contributed by atoms with Gasteiger partial charge in [0.2, 0.25) is 0 Å². The lowest BCUT2D eigenvalue weighted by Gasteiger charge is -2.34. The smallest absolute Gasteiger partial charge is 0.252 e. The average Bonchev–Trinajstić information content (AvgIpc) is 2.92. The van der Waals surface area contributed by atoms with Crippen LogP contribution in [0.4, 0.5) is 0 Å². The van der Waals surface area contributed by atoms with Gasteiger partial charge in [-0.1, -0.05) is 11.6 Å². The van der Waals surface area contributed by atoms with Gasteiger partial charge in [-0.05, 0) is 74.7 Å². The Hall–Kier alpha value is -1.65. The molecule has 1 spiro atoms. The van der Waals surface area contributed by atoms with E-state index in [1.807, 2.05) is 0 Å². The van der Waals surface area contributed by atoms with Gasteiger partial charge in [-0.3, -0.25) is 9.69 Å². The van der Waals surface area contributed by atoms with E-state index >= 15 is 0 Å². The van der Waals surface area contributed by atoms with Crippen molar-refractivity contribution < 1.29 is 0 Å². The quantitative estimate of drug-likeness (QED) is 0.892. The number of hydrogen-bond donors (Lipinski definition) is 2.